The number of ether oxygens (including phenoxy) is 1. The molecule has 0 radical (unpaired) electrons. The SMILES string of the molecule is CC(C)CCC[C@@H](C)[C@@H]1CC[C@@H]2[C@@H]3CC[C@H]4C[C@H](OC(=O)C(F)(F)F)CC[C@]4(C)[C@H]3CC[C@@]21C. The molecule has 9 atom stereocenters. The van der Waals surface area contributed by atoms with E-state index in [1.54, 1.807) is 0 Å². The Morgan fingerprint density at radius 2 is 1.59 bits per heavy atom. The minimum atomic E-state index is -4.89. The predicted molar refractivity (Wildman–Crippen MR) is 129 cm³/mol. The van der Waals surface area contributed by atoms with Crippen LogP contribution < -0.4 is 0 Å². The Kier molecular flexibility index (Phi) is 7.44. The van der Waals surface area contributed by atoms with Crippen LogP contribution in [0.3, 0.4) is 0 Å². The summed E-state index contributed by atoms with van der Waals surface area (Å²) in [6.45, 7) is 12.2. The van der Waals surface area contributed by atoms with E-state index in [0.717, 1.165) is 42.4 Å². The van der Waals surface area contributed by atoms with Crippen molar-refractivity contribution in [3.05, 3.63) is 0 Å². The normalized spacial score (nSPS) is 43.1. The molecule has 0 amide bonds. The van der Waals surface area contributed by atoms with Gasteiger partial charge in [0, 0.05) is 0 Å². The van der Waals surface area contributed by atoms with Gasteiger partial charge in [0.1, 0.15) is 6.10 Å². The van der Waals surface area contributed by atoms with Crippen LogP contribution in [-0.2, 0) is 9.53 Å². The highest BCUT2D eigenvalue weighted by Gasteiger charge is 2.61. The second-order valence-corrected chi connectivity index (χ2v) is 13.5. The number of hydrogen-bond donors (Lipinski definition) is 0. The molecule has 0 spiro atoms. The van der Waals surface area contributed by atoms with Gasteiger partial charge in [-0.15, -0.1) is 0 Å². The molecule has 0 aromatic rings. The van der Waals surface area contributed by atoms with Crippen LogP contribution in [0.2, 0.25) is 0 Å². The van der Waals surface area contributed by atoms with E-state index >= 15 is 0 Å². The van der Waals surface area contributed by atoms with Crippen molar-refractivity contribution in [2.75, 3.05) is 0 Å². The maximum absolute atomic E-state index is 12.7. The Labute approximate surface area is 205 Å². The third kappa shape index (κ3) is 4.80. The average molecular weight is 485 g/mol. The van der Waals surface area contributed by atoms with Crippen LogP contribution in [0.1, 0.15) is 112 Å². The van der Waals surface area contributed by atoms with E-state index in [0.29, 0.717) is 30.1 Å². The molecule has 5 heteroatoms. The lowest BCUT2D eigenvalue weighted by molar-refractivity contribution is -0.210. The van der Waals surface area contributed by atoms with Crippen LogP contribution in [0.5, 0.6) is 0 Å². The molecule has 4 fully saturated rings. The Morgan fingerprint density at radius 1 is 0.912 bits per heavy atom. The lowest BCUT2D eigenvalue weighted by atomic mass is 9.44. The lowest BCUT2D eigenvalue weighted by Crippen LogP contribution is -2.54. The van der Waals surface area contributed by atoms with Gasteiger partial charge < -0.3 is 4.74 Å². The summed E-state index contributed by atoms with van der Waals surface area (Å²) in [5, 5.41) is 0. The summed E-state index contributed by atoms with van der Waals surface area (Å²) >= 11 is 0. The molecule has 0 unspecified atom stereocenters. The summed E-state index contributed by atoms with van der Waals surface area (Å²) in [7, 11) is 0. The predicted octanol–water partition coefficient (Wildman–Crippen LogP) is 8.58. The smallest absolute Gasteiger partial charge is 0.456 e. The Morgan fingerprint density at radius 3 is 2.26 bits per heavy atom. The first-order valence-corrected chi connectivity index (χ1v) is 14.1. The molecule has 0 aliphatic heterocycles. The summed E-state index contributed by atoms with van der Waals surface area (Å²) < 4.78 is 43.0. The van der Waals surface area contributed by atoms with E-state index in [9.17, 15) is 18.0 Å². The zero-order valence-electron chi connectivity index (χ0n) is 22.1. The summed E-state index contributed by atoms with van der Waals surface area (Å²) in [6, 6.07) is 0. The molecule has 0 N–H and O–H groups in total. The molecule has 196 valence electrons. The fourth-order valence-electron chi connectivity index (χ4n) is 9.57. The molecular weight excluding hydrogens is 437 g/mol. The van der Waals surface area contributed by atoms with Gasteiger partial charge in [-0.3, -0.25) is 0 Å². The number of hydrogen-bond acceptors (Lipinski definition) is 2. The molecule has 4 saturated carbocycles. The number of esters is 1. The molecule has 0 aromatic carbocycles. The molecule has 34 heavy (non-hydrogen) atoms. The molecule has 0 heterocycles. The van der Waals surface area contributed by atoms with Crippen LogP contribution in [0.4, 0.5) is 13.2 Å². The van der Waals surface area contributed by atoms with Crippen molar-refractivity contribution in [1.82, 2.24) is 0 Å². The van der Waals surface area contributed by atoms with Crippen LogP contribution in [0.25, 0.3) is 0 Å². The topological polar surface area (TPSA) is 26.3 Å². The number of fused-ring (bicyclic) bond motifs is 5. The number of carbonyl (C=O) groups excluding carboxylic acids is 1. The molecule has 0 saturated heterocycles. The van der Waals surface area contributed by atoms with Crippen molar-refractivity contribution in [1.29, 1.82) is 0 Å². The van der Waals surface area contributed by atoms with Crippen LogP contribution in [-0.4, -0.2) is 18.2 Å². The van der Waals surface area contributed by atoms with Crippen molar-refractivity contribution < 1.29 is 22.7 Å². The standard InChI is InChI=1S/C29H47F3O2/c1-18(2)7-6-8-19(3)23-11-12-24-22-10-9-20-17-21(34-26(33)29(30,31)32)13-15-27(20,4)25(22)14-16-28(23,24)5/h18-25H,6-17H2,1-5H3/t19-,20+,21-,22+,23+,24-,25+,27+,28-/m1/s1. The van der Waals surface area contributed by atoms with Gasteiger partial charge in [-0.1, -0.05) is 53.9 Å². The fourth-order valence-corrected chi connectivity index (χ4v) is 9.57. The van der Waals surface area contributed by atoms with Crippen molar-refractivity contribution in [2.24, 2.45) is 52.3 Å². The summed E-state index contributed by atoms with van der Waals surface area (Å²) in [5.74, 6) is 3.05. The maximum atomic E-state index is 12.7. The van der Waals surface area contributed by atoms with Crippen LogP contribution >= 0.6 is 0 Å². The van der Waals surface area contributed by atoms with Crippen LogP contribution in [0, 0.1) is 52.3 Å². The number of halogens is 3. The van der Waals surface area contributed by atoms with E-state index in [1.807, 2.05) is 0 Å². The van der Waals surface area contributed by atoms with E-state index < -0.39 is 18.2 Å². The van der Waals surface area contributed by atoms with E-state index in [1.165, 1.54) is 51.4 Å². The van der Waals surface area contributed by atoms with Gasteiger partial charge in [-0.2, -0.15) is 13.2 Å². The number of alkyl halides is 3. The first-order chi connectivity index (χ1) is 15.9. The monoisotopic (exact) mass is 484 g/mol. The van der Waals surface area contributed by atoms with Gasteiger partial charge >= 0.3 is 12.1 Å². The highest BCUT2D eigenvalue weighted by atomic mass is 19.4. The van der Waals surface area contributed by atoms with E-state index in [2.05, 4.69) is 34.6 Å². The van der Waals surface area contributed by atoms with Crippen molar-refractivity contribution in [2.45, 2.75) is 124 Å². The Hall–Kier alpha value is -0.740. The second-order valence-electron chi connectivity index (χ2n) is 13.5. The van der Waals surface area contributed by atoms with E-state index in [-0.39, 0.29) is 5.41 Å². The van der Waals surface area contributed by atoms with E-state index in [4.69, 9.17) is 4.74 Å². The van der Waals surface area contributed by atoms with Crippen LogP contribution in [0.15, 0.2) is 0 Å². The third-order valence-corrected chi connectivity index (χ3v) is 11.3. The molecular formula is C29H47F3O2. The fraction of sp³-hybridized carbons (Fsp3) is 0.966. The quantitative estimate of drug-likeness (QED) is 0.353. The summed E-state index contributed by atoms with van der Waals surface area (Å²) in [6.07, 6.45) is 8.28. The first kappa shape index (κ1) is 26.3. The molecule has 4 aliphatic carbocycles. The van der Waals surface area contributed by atoms with Gasteiger partial charge in [0.25, 0.3) is 0 Å². The van der Waals surface area contributed by atoms with Crippen molar-refractivity contribution >= 4 is 5.97 Å². The molecule has 0 aromatic heterocycles. The van der Waals surface area contributed by atoms with Gasteiger partial charge in [0.2, 0.25) is 0 Å². The highest BCUT2D eigenvalue weighted by molar-refractivity contribution is 5.75. The largest absolute Gasteiger partial charge is 0.490 e. The zero-order chi connectivity index (χ0) is 24.9. The van der Waals surface area contributed by atoms with Crippen molar-refractivity contribution in [3.63, 3.8) is 0 Å². The zero-order valence-corrected chi connectivity index (χ0v) is 22.1. The highest BCUT2D eigenvalue weighted by Crippen LogP contribution is 2.68. The third-order valence-electron chi connectivity index (χ3n) is 11.3. The lowest BCUT2D eigenvalue weighted by Gasteiger charge is -2.61. The minimum Gasteiger partial charge on any atom is -0.456 e. The second kappa shape index (κ2) is 9.61. The molecule has 4 rings (SSSR count). The molecule has 0 bridgehead atoms. The minimum absolute atomic E-state index is 0.187. The maximum Gasteiger partial charge on any atom is 0.490 e. The molecule has 4 aliphatic rings. The Bertz CT molecular complexity index is 733. The molecule has 2 nitrogen and oxygen atoms in total. The van der Waals surface area contributed by atoms with Crippen molar-refractivity contribution in [3.8, 4) is 0 Å². The number of carbonyl (C=O) groups is 1. The summed E-state index contributed by atoms with van der Waals surface area (Å²) in [5.41, 5.74) is 0.646. The number of rotatable bonds is 6. The average Bonchev–Trinajstić information content (AvgIpc) is 3.10. The van der Waals surface area contributed by atoms with Gasteiger partial charge in [-0.05, 0) is 110 Å². The summed E-state index contributed by atoms with van der Waals surface area (Å²) in [4.78, 5) is 11.4. The van der Waals surface area contributed by atoms with Gasteiger partial charge in [0.05, 0.1) is 0 Å². The van der Waals surface area contributed by atoms with Gasteiger partial charge in [0.15, 0.2) is 0 Å². The van der Waals surface area contributed by atoms with Gasteiger partial charge in [-0.25, -0.2) is 4.79 Å². The Balaban J connectivity index is 1.41. The first-order valence-electron chi connectivity index (χ1n) is 14.1.